The number of aliphatic hydroxyl groups is 1. The van der Waals surface area contributed by atoms with Crippen LogP contribution in [0, 0.1) is 5.92 Å². The summed E-state index contributed by atoms with van der Waals surface area (Å²) in [6.45, 7) is 2.18. The van der Waals surface area contributed by atoms with Crippen LogP contribution in [0.1, 0.15) is 43.4 Å². The van der Waals surface area contributed by atoms with Gasteiger partial charge in [0.05, 0.1) is 18.2 Å². The van der Waals surface area contributed by atoms with Crippen LogP contribution in [0.25, 0.3) is 0 Å². The van der Waals surface area contributed by atoms with Crippen LogP contribution in [-0.2, 0) is 6.42 Å². The number of hydrogen-bond acceptors (Lipinski definition) is 5. The summed E-state index contributed by atoms with van der Waals surface area (Å²) in [7, 11) is 0. The molecule has 4 rings (SSSR count). The smallest absolute Gasteiger partial charge is 0.131 e. The Morgan fingerprint density at radius 1 is 1.08 bits per heavy atom. The molecule has 1 aromatic carbocycles. The molecule has 0 bridgehead atoms. The van der Waals surface area contributed by atoms with Gasteiger partial charge >= 0.3 is 0 Å². The van der Waals surface area contributed by atoms with Gasteiger partial charge in [0.15, 0.2) is 0 Å². The van der Waals surface area contributed by atoms with E-state index in [4.69, 9.17) is 0 Å². The third-order valence-electron chi connectivity index (χ3n) is 5.22. The van der Waals surface area contributed by atoms with Crippen LogP contribution >= 0.6 is 0 Å². The second-order valence-corrected chi connectivity index (χ2v) is 7.12. The number of fused-ring (bicyclic) bond motifs is 1. The van der Waals surface area contributed by atoms with E-state index in [1.54, 1.807) is 6.33 Å². The molecule has 2 aliphatic rings. The summed E-state index contributed by atoms with van der Waals surface area (Å²) in [4.78, 5) is 8.67. The third kappa shape index (κ3) is 3.08. The lowest BCUT2D eigenvalue weighted by Crippen LogP contribution is -2.28. The van der Waals surface area contributed by atoms with E-state index < -0.39 is 0 Å². The van der Waals surface area contributed by atoms with Gasteiger partial charge in [-0.25, -0.2) is 9.97 Å². The Morgan fingerprint density at radius 2 is 1.88 bits per heavy atom. The van der Waals surface area contributed by atoms with E-state index in [0.29, 0.717) is 12.0 Å². The topological polar surface area (TPSA) is 70.1 Å². The van der Waals surface area contributed by atoms with Crippen molar-refractivity contribution < 1.29 is 5.11 Å². The monoisotopic (exact) mass is 324 g/mol. The van der Waals surface area contributed by atoms with Gasteiger partial charge in [-0.05, 0) is 42.7 Å². The highest BCUT2D eigenvalue weighted by atomic mass is 16.3. The van der Waals surface area contributed by atoms with Crippen LogP contribution in [0.3, 0.4) is 0 Å². The molecular formula is C19H24N4O. The molecule has 1 fully saturated rings. The molecule has 2 aromatic rings. The molecule has 1 heterocycles. The minimum absolute atomic E-state index is 0.0787. The van der Waals surface area contributed by atoms with Gasteiger partial charge in [0.2, 0.25) is 0 Å². The maximum Gasteiger partial charge on any atom is 0.131 e. The first-order valence-corrected chi connectivity index (χ1v) is 8.80. The van der Waals surface area contributed by atoms with Crippen molar-refractivity contribution in [2.24, 2.45) is 5.92 Å². The van der Waals surface area contributed by atoms with E-state index in [-0.39, 0.29) is 12.1 Å². The summed E-state index contributed by atoms with van der Waals surface area (Å²) in [5, 5.41) is 17.0. The van der Waals surface area contributed by atoms with Crippen LogP contribution in [0.2, 0.25) is 0 Å². The van der Waals surface area contributed by atoms with Gasteiger partial charge in [0.25, 0.3) is 0 Å². The fourth-order valence-corrected chi connectivity index (χ4v) is 4.01. The molecule has 1 aromatic heterocycles. The second kappa shape index (κ2) is 6.40. The summed E-state index contributed by atoms with van der Waals surface area (Å²) in [6.07, 6.45) is 5.31. The molecule has 5 heteroatoms. The summed E-state index contributed by atoms with van der Waals surface area (Å²) in [6, 6.07) is 10.9. The molecule has 5 nitrogen and oxygen atoms in total. The molecule has 0 saturated heterocycles. The van der Waals surface area contributed by atoms with Gasteiger partial charge in [-0.2, -0.15) is 0 Å². The van der Waals surface area contributed by atoms with Gasteiger partial charge < -0.3 is 15.7 Å². The molecule has 0 amide bonds. The van der Waals surface area contributed by atoms with E-state index in [1.807, 2.05) is 6.07 Å². The Morgan fingerprint density at radius 3 is 2.67 bits per heavy atom. The molecule has 24 heavy (non-hydrogen) atoms. The van der Waals surface area contributed by atoms with Crippen molar-refractivity contribution in [3.05, 3.63) is 47.8 Å². The van der Waals surface area contributed by atoms with E-state index in [0.717, 1.165) is 37.3 Å². The molecule has 4 atom stereocenters. The highest BCUT2D eigenvalue weighted by Crippen LogP contribution is 2.33. The third-order valence-corrected chi connectivity index (χ3v) is 5.22. The molecule has 3 N–H and O–H groups in total. The maximum absolute atomic E-state index is 10.1. The quantitative estimate of drug-likeness (QED) is 0.806. The summed E-state index contributed by atoms with van der Waals surface area (Å²) < 4.78 is 0. The van der Waals surface area contributed by atoms with Crippen molar-refractivity contribution in [1.82, 2.24) is 9.97 Å². The Labute approximate surface area is 142 Å². The molecule has 0 aliphatic heterocycles. The van der Waals surface area contributed by atoms with Crippen molar-refractivity contribution in [3.63, 3.8) is 0 Å². The predicted molar refractivity (Wildman–Crippen MR) is 95.0 cm³/mol. The number of nitrogens with zero attached hydrogens (tertiary/aromatic N) is 2. The number of anilines is 2. The number of aromatic nitrogens is 2. The van der Waals surface area contributed by atoms with Gasteiger partial charge in [-0.15, -0.1) is 0 Å². The lowest BCUT2D eigenvalue weighted by atomic mass is 10.1. The molecule has 1 saturated carbocycles. The highest BCUT2D eigenvalue weighted by molar-refractivity contribution is 5.50. The molecule has 0 unspecified atom stereocenters. The van der Waals surface area contributed by atoms with E-state index in [9.17, 15) is 5.11 Å². The van der Waals surface area contributed by atoms with Crippen molar-refractivity contribution >= 4 is 11.6 Å². The zero-order valence-corrected chi connectivity index (χ0v) is 13.9. The molecular weight excluding hydrogens is 300 g/mol. The van der Waals surface area contributed by atoms with E-state index >= 15 is 0 Å². The van der Waals surface area contributed by atoms with Crippen LogP contribution in [0.4, 0.5) is 11.6 Å². The number of aliphatic hydroxyl groups excluding tert-OH is 1. The Hall–Kier alpha value is -2.14. The number of nitrogens with one attached hydrogen (secondary N) is 2. The average molecular weight is 324 g/mol. The molecule has 126 valence electrons. The predicted octanol–water partition coefficient (Wildman–Crippen LogP) is 3.15. The fraction of sp³-hybridized carbons (Fsp3) is 0.474. The fourth-order valence-electron chi connectivity index (χ4n) is 4.01. The first-order valence-electron chi connectivity index (χ1n) is 8.80. The number of rotatable bonds is 4. The standard InChI is InChI=1S/C19H24N4O/c1-12-8-16(17(24)9-12)23-19-10-18(20-11-21-19)22-15-7-6-13-4-2-3-5-14(13)15/h2-5,10-12,15-17,24H,6-9H2,1H3,(H2,20,21,22,23)/t12-,15-,16+,17+/m0/s1. The van der Waals surface area contributed by atoms with Crippen molar-refractivity contribution in [2.75, 3.05) is 10.6 Å². The normalized spacial score (nSPS) is 28.6. The number of hydrogen-bond donors (Lipinski definition) is 3. The summed E-state index contributed by atoms with van der Waals surface area (Å²) >= 11 is 0. The van der Waals surface area contributed by atoms with Crippen molar-refractivity contribution in [1.29, 1.82) is 0 Å². The minimum atomic E-state index is -0.298. The van der Waals surface area contributed by atoms with Gasteiger partial charge in [0.1, 0.15) is 18.0 Å². The van der Waals surface area contributed by atoms with Crippen LogP contribution in [0.15, 0.2) is 36.7 Å². The number of aryl methyl sites for hydroxylation is 1. The number of benzene rings is 1. The minimum Gasteiger partial charge on any atom is -0.391 e. The van der Waals surface area contributed by atoms with Crippen molar-refractivity contribution in [3.8, 4) is 0 Å². The average Bonchev–Trinajstić information content (AvgIpc) is 3.11. The zero-order valence-electron chi connectivity index (χ0n) is 13.9. The van der Waals surface area contributed by atoms with E-state index in [1.165, 1.54) is 11.1 Å². The van der Waals surface area contributed by atoms with Crippen LogP contribution in [-0.4, -0.2) is 27.2 Å². The molecule has 2 aliphatic carbocycles. The first kappa shape index (κ1) is 15.4. The lowest BCUT2D eigenvalue weighted by Gasteiger charge is -2.18. The summed E-state index contributed by atoms with van der Waals surface area (Å²) in [5.74, 6) is 2.15. The van der Waals surface area contributed by atoms with Crippen molar-refractivity contribution in [2.45, 2.75) is 50.8 Å². The Bertz CT molecular complexity index is 720. The highest BCUT2D eigenvalue weighted by Gasteiger charge is 2.30. The maximum atomic E-state index is 10.1. The second-order valence-electron chi connectivity index (χ2n) is 7.12. The SMILES string of the molecule is C[C@@H]1C[C@@H](O)[C@H](Nc2cc(N[C@H]3CCc4ccccc43)ncn2)C1. The van der Waals surface area contributed by atoms with E-state index in [2.05, 4.69) is 51.8 Å². The van der Waals surface area contributed by atoms with Crippen LogP contribution in [0.5, 0.6) is 0 Å². The largest absolute Gasteiger partial charge is 0.391 e. The molecule has 0 spiro atoms. The summed E-state index contributed by atoms with van der Waals surface area (Å²) in [5.41, 5.74) is 2.79. The lowest BCUT2D eigenvalue weighted by molar-refractivity contribution is 0.168. The van der Waals surface area contributed by atoms with Gasteiger partial charge in [-0.3, -0.25) is 0 Å². The Balaban J connectivity index is 1.46. The molecule has 0 radical (unpaired) electrons. The van der Waals surface area contributed by atoms with Gasteiger partial charge in [-0.1, -0.05) is 31.2 Å². The first-order chi connectivity index (χ1) is 11.7. The van der Waals surface area contributed by atoms with Gasteiger partial charge in [0, 0.05) is 6.07 Å². The van der Waals surface area contributed by atoms with Crippen LogP contribution < -0.4 is 10.6 Å². The zero-order chi connectivity index (χ0) is 16.5. The Kier molecular flexibility index (Phi) is 4.10.